The van der Waals surface area contributed by atoms with Crippen LogP contribution in [-0.4, -0.2) is 18.0 Å². The van der Waals surface area contributed by atoms with Gasteiger partial charge in [0, 0.05) is 29.4 Å². The Labute approximate surface area is 163 Å². The minimum Gasteiger partial charge on any atom is -0.495 e. The molecule has 5 nitrogen and oxygen atoms in total. The number of halogens is 1. The maximum atomic E-state index is 12.4. The second-order valence-corrected chi connectivity index (χ2v) is 6.43. The molecule has 0 aliphatic rings. The number of pyridine rings is 1. The molecule has 1 aromatic heterocycles. The highest BCUT2D eigenvalue weighted by Crippen LogP contribution is 2.32. The lowest BCUT2D eigenvalue weighted by Gasteiger charge is -2.13. The molecule has 0 unspecified atom stereocenters. The van der Waals surface area contributed by atoms with Crippen molar-refractivity contribution >= 4 is 29.0 Å². The van der Waals surface area contributed by atoms with Gasteiger partial charge in [-0.1, -0.05) is 41.9 Å². The lowest BCUT2D eigenvalue weighted by Crippen LogP contribution is -2.22. The van der Waals surface area contributed by atoms with Crippen molar-refractivity contribution in [2.45, 2.75) is 13.5 Å². The Kier molecular flexibility index (Phi) is 5.94. The van der Waals surface area contributed by atoms with E-state index < -0.39 is 0 Å². The topological polar surface area (TPSA) is 63.2 Å². The summed E-state index contributed by atoms with van der Waals surface area (Å²) in [5.74, 6) is 0.984. The molecule has 1 heterocycles. The van der Waals surface area contributed by atoms with Crippen molar-refractivity contribution in [2.24, 2.45) is 0 Å². The zero-order chi connectivity index (χ0) is 19.2. The van der Waals surface area contributed by atoms with Gasteiger partial charge in [0.05, 0.1) is 12.8 Å². The van der Waals surface area contributed by atoms with Crippen LogP contribution >= 0.6 is 11.6 Å². The fraction of sp³-hybridized carbons (Fsp3) is 0.143. The summed E-state index contributed by atoms with van der Waals surface area (Å²) in [6.45, 7) is 2.38. The number of anilines is 2. The van der Waals surface area contributed by atoms with Crippen LogP contribution < -0.4 is 15.4 Å². The van der Waals surface area contributed by atoms with Gasteiger partial charge in [-0.05, 0) is 36.2 Å². The van der Waals surface area contributed by atoms with Crippen LogP contribution in [0.2, 0.25) is 5.02 Å². The Morgan fingerprint density at radius 2 is 1.93 bits per heavy atom. The van der Waals surface area contributed by atoms with E-state index in [1.54, 1.807) is 31.5 Å². The minimum absolute atomic E-state index is 0.163. The number of carbonyl (C=O) groups is 1. The first-order chi connectivity index (χ1) is 13.1. The first-order valence-corrected chi connectivity index (χ1v) is 8.84. The number of ether oxygens (including phenoxy) is 1. The van der Waals surface area contributed by atoms with Crippen molar-refractivity contribution in [2.75, 3.05) is 12.4 Å². The van der Waals surface area contributed by atoms with Crippen LogP contribution in [0.1, 0.15) is 21.5 Å². The molecule has 0 saturated heterocycles. The minimum atomic E-state index is -0.163. The standard InChI is InChI=1S/C21H20ClN3O2/c1-14-10-18(19(27-2)12-17(14)22)25-20-11-16(8-9-23-20)21(26)24-13-15-6-4-3-5-7-15/h3-12H,13H2,1-2H3,(H,23,25)(H,24,26). The van der Waals surface area contributed by atoms with Crippen molar-refractivity contribution in [3.63, 3.8) is 0 Å². The van der Waals surface area contributed by atoms with E-state index in [4.69, 9.17) is 16.3 Å². The van der Waals surface area contributed by atoms with Gasteiger partial charge in [0.15, 0.2) is 0 Å². The maximum absolute atomic E-state index is 12.4. The highest BCUT2D eigenvalue weighted by Gasteiger charge is 2.10. The van der Waals surface area contributed by atoms with Crippen molar-refractivity contribution in [3.05, 3.63) is 82.5 Å². The predicted octanol–water partition coefficient (Wildman–Crippen LogP) is 4.73. The molecule has 2 aromatic carbocycles. The van der Waals surface area contributed by atoms with Crippen molar-refractivity contribution in [3.8, 4) is 5.75 Å². The Bertz CT molecular complexity index is 945. The number of hydrogen-bond acceptors (Lipinski definition) is 4. The third-order valence-electron chi connectivity index (χ3n) is 4.06. The predicted molar refractivity (Wildman–Crippen MR) is 108 cm³/mol. The van der Waals surface area contributed by atoms with E-state index >= 15 is 0 Å². The van der Waals surface area contributed by atoms with Crippen molar-refractivity contribution < 1.29 is 9.53 Å². The van der Waals surface area contributed by atoms with Crippen LogP contribution in [0.15, 0.2) is 60.8 Å². The number of nitrogens with zero attached hydrogens (tertiary/aromatic N) is 1. The molecule has 3 aromatic rings. The van der Waals surface area contributed by atoms with Crippen LogP contribution in [0.25, 0.3) is 0 Å². The summed E-state index contributed by atoms with van der Waals surface area (Å²) in [6.07, 6.45) is 1.59. The zero-order valence-electron chi connectivity index (χ0n) is 15.1. The quantitative estimate of drug-likeness (QED) is 0.648. The van der Waals surface area contributed by atoms with Gasteiger partial charge in [0.1, 0.15) is 11.6 Å². The number of carbonyl (C=O) groups excluding carboxylic acids is 1. The number of methoxy groups -OCH3 is 1. The van der Waals surface area contributed by atoms with Crippen molar-refractivity contribution in [1.82, 2.24) is 10.3 Å². The Balaban J connectivity index is 1.74. The molecule has 3 rings (SSSR count). The molecule has 0 bridgehead atoms. The van der Waals surface area contributed by atoms with E-state index in [2.05, 4.69) is 15.6 Å². The van der Waals surface area contributed by atoms with Crippen LogP contribution in [0, 0.1) is 6.92 Å². The lowest BCUT2D eigenvalue weighted by atomic mass is 10.2. The van der Waals surface area contributed by atoms with Gasteiger partial charge in [-0.2, -0.15) is 0 Å². The monoisotopic (exact) mass is 381 g/mol. The van der Waals surface area contributed by atoms with E-state index in [0.29, 0.717) is 28.7 Å². The molecule has 27 heavy (non-hydrogen) atoms. The Morgan fingerprint density at radius 3 is 2.67 bits per heavy atom. The van der Waals surface area contributed by atoms with Gasteiger partial charge in [-0.15, -0.1) is 0 Å². The van der Waals surface area contributed by atoms with E-state index in [1.165, 1.54) is 0 Å². The van der Waals surface area contributed by atoms with E-state index in [0.717, 1.165) is 16.8 Å². The van der Waals surface area contributed by atoms with Crippen LogP contribution in [0.3, 0.4) is 0 Å². The number of hydrogen-bond donors (Lipinski definition) is 2. The van der Waals surface area contributed by atoms with Crippen molar-refractivity contribution in [1.29, 1.82) is 0 Å². The van der Waals surface area contributed by atoms with E-state index in [-0.39, 0.29) is 5.91 Å². The van der Waals surface area contributed by atoms with Crippen LogP contribution in [0.5, 0.6) is 5.75 Å². The van der Waals surface area contributed by atoms with E-state index in [9.17, 15) is 4.79 Å². The van der Waals surface area contributed by atoms with Gasteiger partial charge in [0.25, 0.3) is 5.91 Å². The fourth-order valence-corrected chi connectivity index (χ4v) is 2.74. The SMILES string of the molecule is COc1cc(Cl)c(C)cc1Nc1cc(C(=O)NCc2ccccc2)ccn1. The largest absolute Gasteiger partial charge is 0.495 e. The second kappa shape index (κ2) is 8.56. The average molecular weight is 382 g/mol. The molecule has 1 amide bonds. The molecule has 138 valence electrons. The summed E-state index contributed by atoms with van der Waals surface area (Å²) in [4.78, 5) is 16.7. The van der Waals surface area contributed by atoms with E-state index in [1.807, 2.05) is 43.3 Å². The summed E-state index contributed by atoms with van der Waals surface area (Å²) in [6, 6.07) is 16.8. The summed E-state index contributed by atoms with van der Waals surface area (Å²) in [7, 11) is 1.58. The number of aromatic nitrogens is 1. The molecule has 0 atom stereocenters. The third-order valence-corrected chi connectivity index (χ3v) is 4.47. The number of rotatable bonds is 6. The molecule has 0 aliphatic heterocycles. The molecule has 0 radical (unpaired) electrons. The summed E-state index contributed by atoms with van der Waals surface area (Å²) >= 11 is 6.14. The molecule has 0 saturated carbocycles. The Hall–Kier alpha value is -3.05. The molecule has 0 aliphatic carbocycles. The summed E-state index contributed by atoms with van der Waals surface area (Å²) < 4.78 is 5.36. The smallest absolute Gasteiger partial charge is 0.251 e. The number of nitrogens with one attached hydrogen (secondary N) is 2. The normalized spacial score (nSPS) is 10.3. The molecule has 0 fully saturated rings. The maximum Gasteiger partial charge on any atom is 0.251 e. The third kappa shape index (κ3) is 4.77. The molecule has 6 heteroatoms. The molecular formula is C21H20ClN3O2. The first-order valence-electron chi connectivity index (χ1n) is 8.46. The van der Waals surface area contributed by atoms with Gasteiger partial charge >= 0.3 is 0 Å². The summed E-state index contributed by atoms with van der Waals surface area (Å²) in [5, 5.41) is 6.72. The first kappa shape index (κ1) is 18.7. The molecule has 0 spiro atoms. The lowest BCUT2D eigenvalue weighted by molar-refractivity contribution is 0.0951. The number of aryl methyl sites for hydroxylation is 1. The number of benzene rings is 2. The zero-order valence-corrected chi connectivity index (χ0v) is 15.9. The van der Waals surface area contributed by atoms with Crippen LogP contribution in [0.4, 0.5) is 11.5 Å². The highest BCUT2D eigenvalue weighted by atomic mass is 35.5. The second-order valence-electron chi connectivity index (χ2n) is 6.02. The van der Waals surface area contributed by atoms with Crippen LogP contribution in [-0.2, 0) is 6.54 Å². The van der Waals surface area contributed by atoms with Gasteiger partial charge < -0.3 is 15.4 Å². The number of amides is 1. The molecular weight excluding hydrogens is 362 g/mol. The Morgan fingerprint density at radius 1 is 1.15 bits per heavy atom. The summed E-state index contributed by atoms with van der Waals surface area (Å²) in [5.41, 5.74) is 3.21. The average Bonchev–Trinajstić information content (AvgIpc) is 2.69. The fourth-order valence-electron chi connectivity index (χ4n) is 2.59. The van der Waals surface area contributed by atoms with Gasteiger partial charge in [-0.25, -0.2) is 4.98 Å². The van der Waals surface area contributed by atoms with Gasteiger partial charge in [0.2, 0.25) is 0 Å². The highest BCUT2D eigenvalue weighted by molar-refractivity contribution is 6.31. The van der Waals surface area contributed by atoms with Gasteiger partial charge in [-0.3, -0.25) is 4.79 Å². The molecule has 2 N–H and O–H groups in total.